The fraction of sp³-hybridized carbons (Fsp3) is 0.114. The van der Waals surface area contributed by atoms with E-state index in [-0.39, 0.29) is 6.29 Å². The Morgan fingerprint density at radius 2 is 1.32 bits per heavy atom. The van der Waals surface area contributed by atoms with Crippen molar-refractivity contribution >= 4 is 24.2 Å². The second-order valence-corrected chi connectivity index (χ2v) is 9.03. The van der Waals surface area contributed by atoms with Crippen molar-refractivity contribution in [2.75, 3.05) is 0 Å². The van der Waals surface area contributed by atoms with Gasteiger partial charge in [0.15, 0.2) is 12.4 Å². The highest BCUT2D eigenvalue weighted by Gasteiger charge is 2.19. The van der Waals surface area contributed by atoms with Crippen molar-refractivity contribution in [3.8, 4) is 11.5 Å². The Morgan fingerprint density at radius 3 is 1.90 bits per heavy atom. The van der Waals surface area contributed by atoms with Crippen LogP contribution in [0.25, 0.3) is 18.2 Å². The first-order valence-electron chi connectivity index (χ1n) is 13.0. The fourth-order valence-electron chi connectivity index (χ4n) is 3.77. The SMILES string of the molecule is C=Cc1ccc(C(O)C(=O)Oc2ccc(C=CC=Cc3ccc(OC(C)OCc4ccccc4)cc3)cc2)cc1. The van der Waals surface area contributed by atoms with Gasteiger partial charge in [-0.2, -0.15) is 0 Å². The zero-order valence-electron chi connectivity index (χ0n) is 22.4. The molecule has 0 saturated heterocycles. The summed E-state index contributed by atoms with van der Waals surface area (Å²) >= 11 is 0. The summed E-state index contributed by atoms with van der Waals surface area (Å²) in [6.07, 6.45) is 7.79. The van der Waals surface area contributed by atoms with Crippen molar-refractivity contribution in [2.45, 2.75) is 25.9 Å². The maximum absolute atomic E-state index is 12.3. The van der Waals surface area contributed by atoms with E-state index in [9.17, 15) is 9.90 Å². The third-order valence-corrected chi connectivity index (χ3v) is 6.01. The van der Waals surface area contributed by atoms with Crippen LogP contribution in [-0.4, -0.2) is 17.4 Å². The molecule has 0 spiro atoms. The van der Waals surface area contributed by atoms with Crippen LogP contribution in [0.2, 0.25) is 0 Å². The maximum Gasteiger partial charge on any atom is 0.345 e. The summed E-state index contributed by atoms with van der Waals surface area (Å²) in [5, 5.41) is 10.3. The minimum atomic E-state index is -1.36. The molecule has 0 aliphatic carbocycles. The number of hydrogen-bond donors (Lipinski definition) is 1. The van der Waals surface area contributed by atoms with Crippen molar-refractivity contribution < 1.29 is 24.1 Å². The summed E-state index contributed by atoms with van der Waals surface area (Å²) < 4.78 is 16.9. The van der Waals surface area contributed by atoms with Gasteiger partial charge in [0.05, 0.1) is 6.61 Å². The standard InChI is InChI=1S/C35H32O5/c1-3-27-13-19-31(20-14-27)34(36)35(37)40-33-23-17-29(18-24-33)10-8-7-9-28-15-21-32(22-16-28)39-26(2)38-25-30-11-5-4-6-12-30/h3-24,26,34,36H,1,25H2,2H3. The van der Waals surface area contributed by atoms with Crippen molar-refractivity contribution in [2.24, 2.45) is 0 Å². The average Bonchev–Trinajstić information content (AvgIpc) is 3.00. The van der Waals surface area contributed by atoms with Crippen LogP contribution >= 0.6 is 0 Å². The minimum Gasteiger partial charge on any atom is -0.465 e. The first-order valence-corrected chi connectivity index (χ1v) is 13.0. The summed E-state index contributed by atoms with van der Waals surface area (Å²) in [6, 6.07) is 31.8. The molecule has 4 rings (SSSR count). The molecule has 0 aliphatic rings. The molecule has 0 aromatic heterocycles. The van der Waals surface area contributed by atoms with E-state index in [0.29, 0.717) is 17.9 Å². The second-order valence-electron chi connectivity index (χ2n) is 9.03. The fourth-order valence-corrected chi connectivity index (χ4v) is 3.77. The Hall–Kier alpha value is -4.71. The van der Waals surface area contributed by atoms with Gasteiger partial charge in [-0.3, -0.25) is 0 Å². The first kappa shape index (κ1) is 28.3. The van der Waals surface area contributed by atoms with E-state index in [1.165, 1.54) is 0 Å². The van der Waals surface area contributed by atoms with Gasteiger partial charge < -0.3 is 19.3 Å². The Bertz CT molecular complexity index is 1420. The summed E-state index contributed by atoms with van der Waals surface area (Å²) in [5.74, 6) is 0.372. The van der Waals surface area contributed by atoms with Crippen LogP contribution in [-0.2, 0) is 16.1 Å². The summed E-state index contributed by atoms with van der Waals surface area (Å²) in [7, 11) is 0. The lowest BCUT2D eigenvalue weighted by molar-refractivity contribution is -0.144. The molecule has 202 valence electrons. The highest BCUT2D eigenvalue weighted by Crippen LogP contribution is 2.20. The Balaban J connectivity index is 1.22. The lowest BCUT2D eigenvalue weighted by atomic mass is 10.1. The smallest absolute Gasteiger partial charge is 0.345 e. The summed E-state index contributed by atoms with van der Waals surface area (Å²) in [4.78, 5) is 12.3. The minimum absolute atomic E-state index is 0.362. The van der Waals surface area contributed by atoms with E-state index in [0.717, 1.165) is 28.0 Å². The van der Waals surface area contributed by atoms with Crippen LogP contribution in [0, 0.1) is 0 Å². The number of allylic oxidation sites excluding steroid dienone is 2. The molecular weight excluding hydrogens is 500 g/mol. The third-order valence-electron chi connectivity index (χ3n) is 6.01. The molecule has 5 heteroatoms. The van der Waals surface area contributed by atoms with Gasteiger partial charge >= 0.3 is 5.97 Å². The van der Waals surface area contributed by atoms with Gasteiger partial charge in [0, 0.05) is 0 Å². The number of ether oxygens (including phenoxy) is 3. The summed E-state index contributed by atoms with van der Waals surface area (Å²) in [5.41, 5.74) is 4.45. The van der Waals surface area contributed by atoms with Crippen molar-refractivity contribution in [1.82, 2.24) is 0 Å². The number of benzene rings is 4. The highest BCUT2D eigenvalue weighted by atomic mass is 16.7. The number of aliphatic hydroxyl groups excluding tert-OH is 1. The molecule has 1 N–H and O–H groups in total. The molecule has 0 aliphatic heterocycles. The van der Waals surface area contributed by atoms with Crippen LogP contribution in [0.5, 0.6) is 11.5 Å². The van der Waals surface area contributed by atoms with E-state index in [4.69, 9.17) is 14.2 Å². The van der Waals surface area contributed by atoms with Gasteiger partial charge in [0.2, 0.25) is 0 Å². The Labute approximate surface area is 235 Å². The van der Waals surface area contributed by atoms with Gasteiger partial charge in [-0.15, -0.1) is 0 Å². The van der Waals surface area contributed by atoms with Crippen LogP contribution in [0.1, 0.15) is 40.8 Å². The van der Waals surface area contributed by atoms with E-state index in [2.05, 4.69) is 6.58 Å². The first-order chi connectivity index (χ1) is 19.5. The van der Waals surface area contributed by atoms with Crippen LogP contribution in [0.15, 0.2) is 122 Å². The van der Waals surface area contributed by atoms with Gasteiger partial charge in [-0.05, 0) is 59.0 Å². The number of carbonyl (C=O) groups excluding carboxylic acids is 1. The van der Waals surface area contributed by atoms with E-state index in [1.54, 1.807) is 42.5 Å². The Kier molecular flexibility index (Phi) is 10.2. The van der Waals surface area contributed by atoms with Crippen molar-refractivity contribution in [1.29, 1.82) is 0 Å². The number of rotatable bonds is 12. The van der Waals surface area contributed by atoms with Crippen molar-refractivity contribution in [3.05, 3.63) is 150 Å². The van der Waals surface area contributed by atoms with Crippen LogP contribution < -0.4 is 9.47 Å². The number of hydrogen-bond acceptors (Lipinski definition) is 5. The molecule has 40 heavy (non-hydrogen) atoms. The molecule has 0 fully saturated rings. The Morgan fingerprint density at radius 1 is 0.775 bits per heavy atom. The van der Waals surface area contributed by atoms with Gasteiger partial charge in [0.25, 0.3) is 0 Å². The molecule has 5 nitrogen and oxygen atoms in total. The molecular formula is C35H32O5. The largest absolute Gasteiger partial charge is 0.465 e. The van der Waals surface area contributed by atoms with Gasteiger partial charge in [0.1, 0.15) is 11.5 Å². The topological polar surface area (TPSA) is 65.0 Å². The third kappa shape index (κ3) is 8.67. The molecule has 0 radical (unpaired) electrons. The zero-order chi connectivity index (χ0) is 28.2. The predicted molar refractivity (Wildman–Crippen MR) is 159 cm³/mol. The molecule has 0 heterocycles. The normalized spacial score (nSPS) is 12.8. The second kappa shape index (κ2) is 14.4. The maximum atomic E-state index is 12.3. The molecule has 0 saturated carbocycles. The molecule has 2 atom stereocenters. The van der Waals surface area contributed by atoms with Crippen LogP contribution in [0.4, 0.5) is 0 Å². The van der Waals surface area contributed by atoms with E-state index in [1.807, 2.05) is 98.0 Å². The highest BCUT2D eigenvalue weighted by molar-refractivity contribution is 5.78. The molecule has 2 unspecified atom stereocenters. The lowest BCUT2D eigenvalue weighted by Crippen LogP contribution is -2.18. The lowest BCUT2D eigenvalue weighted by Gasteiger charge is -2.15. The monoisotopic (exact) mass is 532 g/mol. The average molecular weight is 533 g/mol. The van der Waals surface area contributed by atoms with Crippen LogP contribution in [0.3, 0.4) is 0 Å². The molecule has 4 aromatic carbocycles. The number of esters is 1. The van der Waals surface area contributed by atoms with E-state index >= 15 is 0 Å². The predicted octanol–water partition coefficient (Wildman–Crippen LogP) is 7.64. The van der Waals surface area contributed by atoms with E-state index < -0.39 is 12.1 Å². The van der Waals surface area contributed by atoms with Gasteiger partial charge in [-0.25, -0.2) is 4.79 Å². The van der Waals surface area contributed by atoms with Gasteiger partial charge in [-0.1, -0.05) is 116 Å². The quantitative estimate of drug-likeness (QED) is 0.0879. The zero-order valence-corrected chi connectivity index (χ0v) is 22.4. The molecule has 4 aromatic rings. The molecule has 0 bridgehead atoms. The number of aliphatic hydroxyl groups is 1. The van der Waals surface area contributed by atoms with Crippen molar-refractivity contribution in [3.63, 3.8) is 0 Å². The number of carbonyl (C=O) groups is 1. The molecule has 0 amide bonds. The summed E-state index contributed by atoms with van der Waals surface area (Å²) in [6.45, 7) is 6.07.